The van der Waals surface area contributed by atoms with Crippen molar-refractivity contribution in [3.63, 3.8) is 0 Å². The van der Waals surface area contributed by atoms with Crippen LogP contribution in [-0.2, 0) is 9.59 Å². The van der Waals surface area contributed by atoms with Gasteiger partial charge in [-0.05, 0) is 43.2 Å². The summed E-state index contributed by atoms with van der Waals surface area (Å²) < 4.78 is 5.30. The molecule has 0 aliphatic carbocycles. The normalized spacial score (nSPS) is 11.5. The Labute approximate surface area is 171 Å². The minimum absolute atomic E-state index is 0.0185. The van der Waals surface area contributed by atoms with Crippen molar-refractivity contribution >= 4 is 35.0 Å². The molecular weight excluding hydrogens is 372 g/mol. The highest BCUT2D eigenvalue weighted by Crippen LogP contribution is 2.30. The molecule has 2 aromatic rings. The molecule has 1 unspecified atom stereocenters. The number of benzene rings is 2. The van der Waals surface area contributed by atoms with Crippen LogP contribution in [0.1, 0.15) is 39.5 Å². The highest BCUT2D eigenvalue weighted by Gasteiger charge is 2.19. The number of para-hydroxylation sites is 2. The zero-order valence-electron chi connectivity index (χ0n) is 16.7. The Balaban J connectivity index is 2.02. The highest BCUT2D eigenvalue weighted by atomic mass is 32.2. The minimum atomic E-state index is -0.254. The number of anilines is 2. The van der Waals surface area contributed by atoms with Crippen molar-refractivity contribution in [2.24, 2.45) is 0 Å². The Morgan fingerprint density at radius 2 is 1.86 bits per heavy atom. The highest BCUT2D eigenvalue weighted by molar-refractivity contribution is 8.00. The molecule has 0 fully saturated rings. The van der Waals surface area contributed by atoms with Crippen LogP contribution in [0.15, 0.2) is 53.4 Å². The number of methoxy groups -OCH3 is 1. The van der Waals surface area contributed by atoms with Gasteiger partial charge in [-0.3, -0.25) is 9.59 Å². The monoisotopic (exact) mass is 400 g/mol. The molecule has 0 radical (unpaired) electrons. The summed E-state index contributed by atoms with van der Waals surface area (Å²) in [6, 6.07) is 15.0. The number of hydrogen-bond acceptors (Lipinski definition) is 4. The van der Waals surface area contributed by atoms with Crippen molar-refractivity contribution in [1.29, 1.82) is 0 Å². The molecule has 2 amide bonds. The van der Waals surface area contributed by atoms with Crippen molar-refractivity contribution in [2.45, 2.75) is 49.7 Å². The van der Waals surface area contributed by atoms with Crippen molar-refractivity contribution in [3.8, 4) is 5.75 Å². The number of ether oxygens (including phenoxy) is 1. The van der Waals surface area contributed by atoms with E-state index in [-0.39, 0.29) is 17.1 Å². The summed E-state index contributed by atoms with van der Waals surface area (Å²) in [5, 5.41) is 5.62. The smallest absolute Gasteiger partial charge is 0.237 e. The molecule has 0 spiro atoms. The van der Waals surface area contributed by atoms with Gasteiger partial charge in [0.1, 0.15) is 5.75 Å². The molecule has 0 aliphatic heterocycles. The van der Waals surface area contributed by atoms with Gasteiger partial charge in [0, 0.05) is 17.0 Å². The third kappa shape index (κ3) is 6.60. The van der Waals surface area contributed by atoms with Crippen molar-refractivity contribution in [3.05, 3.63) is 48.5 Å². The average molecular weight is 401 g/mol. The number of unbranched alkanes of at least 4 members (excludes halogenated alkanes) is 1. The Morgan fingerprint density at radius 1 is 1.07 bits per heavy atom. The van der Waals surface area contributed by atoms with E-state index in [1.165, 1.54) is 11.8 Å². The number of carbonyl (C=O) groups excluding carboxylic acids is 2. The Hall–Kier alpha value is -2.47. The molecule has 2 N–H and O–H groups in total. The van der Waals surface area contributed by atoms with Crippen molar-refractivity contribution in [2.75, 3.05) is 17.7 Å². The van der Waals surface area contributed by atoms with Gasteiger partial charge >= 0.3 is 0 Å². The number of thioether (sulfide) groups is 1. The molecule has 0 saturated carbocycles. The molecule has 0 aliphatic rings. The van der Waals surface area contributed by atoms with E-state index in [0.717, 1.165) is 23.4 Å². The Kier molecular flexibility index (Phi) is 8.88. The molecule has 28 heavy (non-hydrogen) atoms. The van der Waals surface area contributed by atoms with Crippen LogP contribution < -0.4 is 15.4 Å². The topological polar surface area (TPSA) is 67.4 Å². The standard InChI is InChI=1S/C22H28N2O3S/c1-4-6-14-21(25)23-16-10-9-11-17(15-16)28-20(5-2)22(26)24-18-12-7-8-13-19(18)27-3/h7-13,15,20H,4-6,14H2,1-3H3,(H,23,25)(H,24,26). The fourth-order valence-corrected chi connectivity index (χ4v) is 3.67. The van der Waals surface area contributed by atoms with Crippen LogP contribution in [0.5, 0.6) is 5.75 Å². The van der Waals surface area contributed by atoms with Crippen LogP contribution in [0, 0.1) is 0 Å². The molecule has 0 heterocycles. The van der Waals surface area contributed by atoms with Gasteiger partial charge in [-0.1, -0.05) is 38.5 Å². The van der Waals surface area contributed by atoms with Crippen LogP contribution in [0.3, 0.4) is 0 Å². The van der Waals surface area contributed by atoms with Crippen LogP contribution in [-0.4, -0.2) is 24.2 Å². The van der Waals surface area contributed by atoms with Gasteiger partial charge in [0.2, 0.25) is 11.8 Å². The number of nitrogens with one attached hydrogen (secondary N) is 2. The Bertz CT molecular complexity index is 795. The van der Waals surface area contributed by atoms with Crippen LogP contribution in [0.2, 0.25) is 0 Å². The van der Waals surface area contributed by atoms with Gasteiger partial charge in [0.15, 0.2) is 0 Å². The lowest BCUT2D eigenvalue weighted by molar-refractivity contribution is -0.116. The van der Waals surface area contributed by atoms with E-state index >= 15 is 0 Å². The maximum atomic E-state index is 12.7. The maximum Gasteiger partial charge on any atom is 0.237 e. The lowest BCUT2D eigenvalue weighted by Gasteiger charge is -2.16. The second-order valence-electron chi connectivity index (χ2n) is 6.38. The molecule has 6 heteroatoms. The number of rotatable bonds is 10. The first kappa shape index (κ1) is 21.8. The van der Waals surface area contributed by atoms with Crippen molar-refractivity contribution < 1.29 is 14.3 Å². The summed E-state index contributed by atoms with van der Waals surface area (Å²) in [6.07, 6.45) is 3.07. The van der Waals surface area contributed by atoms with Crippen LogP contribution >= 0.6 is 11.8 Å². The van der Waals surface area contributed by atoms with E-state index < -0.39 is 0 Å². The zero-order valence-corrected chi connectivity index (χ0v) is 17.5. The summed E-state index contributed by atoms with van der Waals surface area (Å²) in [6.45, 7) is 4.04. The molecule has 0 bridgehead atoms. The first-order chi connectivity index (χ1) is 13.6. The first-order valence-corrected chi connectivity index (χ1v) is 10.5. The van der Waals surface area contributed by atoms with Crippen LogP contribution in [0.4, 0.5) is 11.4 Å². The summed E-state index contributed by atoms with van der Waals surface area (Å²) in [5.74, 6) is 0.576. The zero-order chi connectivity index (χ0) is 20.4. The summed E-state index contributed by atoms with van der Waals surface area (Å²) >= 11 is 1.48. The average Bonchev–Trinajstić information content (AvgIpc) is 2.71. The van der Waals surface area contributed by atoms with E-state index in [4.69, 9.17) is 4.74 Å². The lowest BCUT2D eigenvalue weighted by atomic mass is 10.2. The predicted octanol–water partition coefficient (Wildman–Crippen LogP) is 5.33. The van der Waals surface area contributed by atoms with Gasteiger partial charge in [-0.15, -0.1) is 11.8 Å². The largest absolute Gasteiger partial charge is 0.495 e. The number of carbonyl (C=O) groups is 2. The summed E-state index contributed by atoms with van der Waals surface area (Å²) in [5.41, 5.74) is 1.41. The number of hydrogen-bond donors (Lipinski definition) is 2. The van der Waals surface area contributed by atoms with Gasteiger partial charge in [0.25, 0.3) is 0 Å². The predicted molar refractivity (Wildman–Crippen MR) is 116 cm³/mol. The SMILES string of the molecule is CCCCC(=O)Nc1cccc(SC(CC)C(=O)Nc2ccccc2OC)c1. The lowest BCUT2D eigenvalue weighted by Crippen LogP contribution is -2.24. The maximum absolute atomic E-state index is 12.7. The Morgan fingerprint density at radius 3 is 2.57 bits per heavy atom. The minimum Gasteiger partial charge on any atom is -0.495 e. The van der Waals surface area contributed by atoms with E-state index in [0.29, 0.717) is 24.3 Å². The molecule has 0 aromatic heterocycles. The number of amides is 2. The van der Waals surface area contributed by atoms with E-state index in [2.05, 4.69) is 17.6 Å². The second-order valence-corrected chi connectivity index (χ2v) is 7.66. The second kappa shape index (κ2) is 11.4. The van der Waals surface area contributed by atoms with Crippen LogP contribution in [0.25, 0.3) is 0 Å². The van der Waals surface area contributed by atoms with Gasteiger partial charge < -0.3 is 15.4 Å². The molecule has 0 saturated heterocycles. The molecule has 2 rings (SSSR count). The first-order valence-electron chi connectivity index (χ1n) is 9.57. The summed E-state index contributed by atoms with van der Waals surface area (Å²) in [4.78, 5) is 25.6. The molecule has 150 valence electrons. The van der Waals surface area contributed by atoms with E-state index in [1.54, 1.807) is 7.11 Å². The summed E-state index contributed by atoms with van der Waals surface area (Å²) in [7, 11) is 1.58. The quantitative estimate of drug-likeness (QED) is 0.529. The van der Waals surface area contributed by atoms with Crippen molar-refractivity contribution in [1.82, 2.24) is 0 Å². The molecular formula is C22H28N2O3S. The molecule has 5 nitrogen and oxygen atoms in total. The fraction of sp³-hybridized carbons (Fsp3) is 0.364. The molecule has 2 aromatic carbocycles. The van der Waals surface area contributed by atoms with Gasteiger partial charge in [-0.25, -0.2) is 0 Å². The van der Waals surface area contributed by atoms with E-state index in [1.807, 2.05) is 55.5 Å². The van der Waals surface area contributed by atoms with E-state index in [9.17, 15) is 9.59 Å². The van der Waals surface area contributed by atoms with Gasteiger partial charge in [0.05, 0.1) is 18.0 Å². The molecule has 1 atom stereocenters. The third-order valence-corrected chi connectivity index (χ3v) is 5.54. The van der Waals surface area contributed by atoms with Gasteiger partial charge in [-0.2, -0.15) is 0 Å². The fourth-order valence-electron chi connectivity index (χ4n) is 2.66. The third-order valence-electron chi connectivity index (χ3n) is 4.18.